The van der Waals surface area contributed by atoms with Crippen molar-refractivity contribution in [2.24, 2.45) is 17.3 Å². The molecule has 2 heteroatoms. The number of hydrogen-bond acceptors (Lipinski definition) is 1. The lowest BCUT2D eigenvalue weighted by Crippen LogP contribution is -2.10. The highest BCUT2D eigenvalue weighted by Crippen LogP contribution is 2.37. The van der Waals surface area contributed by atoms with E-state index in [0.29, 0.717) is 11.8 Å². The predicted octanol–water partition coefficient (Wildman–Crippen LogP) is 6.99. The molecule has 1 fully saturated rings. The Hall–Kier alpha value is -0.790. The van der Waals surface area contributed by atoms with E-state index in [1.807, 2.05) is 0 Å². The van der Waals surface area contributed by atoms with Gasteiger partial charge in [-0.05, 0) is 55.8 Å². The van der Waals surface area contributed by atoms with Crippen LogP contribution in [0, 0.1) is 17.3 Å². The van der Waals surface area contributed by atoms with E-state index in [1.165, 1.54) is 64.2 Å². The van der Waals surface area contributed by atoms with E-state index in [4.69, 9.17) is 5.11 Å². The van der Waals surface area contributed by atoms with Gasteiger partial charge in [0, 0.05) is 6.42 Å². The summed E-state index contributed by atoms with van der Waals surface area (Å²) >= 11 is 0. The number of carboxylic acid groups (broad SMARTS) is 1. The van der Waals surface area contributed by atoms with Crippen LogP contribution in [0.2, 0.25) is 0 Å². The summed E-state index contributed by atoms with van der Waals surface area (Å²) in [6.07, 6.45) is 20.4. The third-order valence-corrected chi connectivity index (χ3v) is 5.69. The SMILES string of the molecule is CCCCC(C)(C)CC=C[C@H]1CCC[C@@H]1CCCCCCC(=O)O. The topological polar surface area (TPSA) is 37.3 Å². The Labute approximate surface area is 150 Å². The zero-order valence-corrected chi connectivity index (χ0v) is 16.4. The highest BCUT2D eigenvalue weighted by molar-refractivity contribution is 5.66. The molecule has 2 nitrogen and oxygen atoms in total. The van der Waals surface area contributed by atoms with E-state index < -0.39 is 5.97 Å². The molecule has 0 unspecified atom stereocenters. The van der Waals surface area contributed by atoms with Crippen LogP contribution in [0.4, 0.5) is 0 Å². The molecule has 0 aromatic rings. The summed E-state index contributed by atoms with van der Waals surface area (Å²) in [7, 11) is 0. The fourth-order valence-corrected chi connectivity index (χ4v) is 4.03. The monoisotopic (exact) mass is 336 g/mol. The molecule has 0 spiro atoms. The van der Waals surface area contributed by atoms with Gasteiger partial charge in [-0.25, -0.2) is 0 Å². The molecule has 0 amide bonds. The number of rotatable bonds is 13. The van der Waals surface area contributed by atoms with Crippen molar-refractivity contribution in [3.8, 4) is 0 Å². The Morgan fingerprint density at radius 1 is 1.12 bits per heavy atom. The van der Waals surface area contributed by atoms with Gasteiger partial charge in [0.2, 0.25) is 0 Å². The summed E-state index contributed by atoms with van der Waals surface area (Å²) in [6, 6.07) is 0. The first-order valence-corrected chi connectivity index (χ1v) is 10.3. The molecule has 0 bridgehead atoms. The van der Waals surface area contributed by atoms with E-state index in [0.717, 1.165) is 24.7 Å². The molecular formula is C22H40O2. The summed E-state index contributed by atoms with van der Waals surface area (Å²) in [4.78, 5) is 10.5. The molecule has 0 heterocycles. The second kappa shape index (κ2) is 11.7. The number of unbranched alkanes of at least 4 members (excludes halogenated alkanes) is 4. The zero-order chi connectivity index (χ0) is 17.8. The van der Waals surface area contributed by atoms with Gasteiger partial charge in [-0.15, -0.1) is 0 Å². The quantitative estimate of drug-likeness (QED) is 0.290. The molecule has 1 saturated carbocycles. The van der Waals surface area contributed by atoms with Crippen molar-refractivity contribution in [3.05, 3.63) is 12.2 Å². The van der Waals surface area contributed by atoms with E-state index in [1.54, 1.807) is 0 Å². The maximum Gasteiger partial charge on any atom is 0.303 e. The minimum Gasteiger partial charge on any atom is -0.481 e. The molecule has 0 aromatic heterocycles. The van der Waals surface area contributed by atoms with E-state index in [9.17, 15) is 4.79 Å². The zero-order valence-electron chi connectivity index (χ0n) is 16.4. The lowest BCUT2D eigenvalue weighted by Gasteiger charge is -2.23. The van der Waals surface area contributed by atoms with Crippen LogP contribution < -0.4 is 0 Å². The third kappa shape index (κ3) is 9.49. The van der Waals surface area contributed by atoms with Crippen LogP contribution in [0.5, 0.6) is 0 Å². The van der Waals surface area contributed by atoms with Crippen LogP contribution in [0.25, 0.3) is 0 Å². The van der Waals surface area contributed by atoms with E-state index in [2.05, 4.69) is 32.9 Å². The van der Waals surface area contributed by atoms with Crippen molar-refractivity contribution in [1.29, 1.82) is 0 Å². The maximum atomic E-state index is 10.5. The molecule has 2 atom stereocenters. The molecule has 0 radical (unpaired) electrons. The van der Waals surface area contributed by atoms with Crippen molar-refractivity contribution < 1.29 is 9.90 Å². The van der Waals surface area contributed by atoms with Crippen molar-refractivity contribution >= 4 is 5.97 Å². The number of aliphatic carboxylic acids is 1. The maximum absolute atomic E-state index is 10.5. The van der Waals surface area contributed by atoms with Crippen LogP contribution in [0.1, 0.15) is 104 Å². The van der Waals surface area contributed by atoms with Gasteiger partial charge in [0.15, 0.2) is 0 Å². The summed E-state index contributed by atoms with van der Waals surface area (Å²) in [5.74, 6) is 1.02. The fraction of sp³-hybridized carbons (Fsp3) is 0.864. The smallest absolute Gasteiger partial charge is 0.303 e. The number of hydrogen-bond donors (Lipinski definition) is 1. The summed E-state index contributed by atoms with van der Waals surface area (Å²) < 4.78 is 0. The first-order valence-electron chi connectivity index (χ1n) is 10.3. The van der Waals surface area contributed by atoms with Gasteiger partial charge in [-0.2, -0.15) is 0 Å². The molecule has 1 rings (SSSR count). The Bertz CT molecular complexity index is 370. The Balaban J connectivity index is 2.22. The van der Waals surface area contributed by atoms with Gasteiger partial charge >= 0.3 is 5.97 Å². The Morgan fingerprint density at radius 2 is 1.88 bits per heavy atom. The number of carbonyl (C=O) groups is 1. The first kappa shape index (κ1) is 21.3. The molecule has 1 aliphatic rings. The van der Waals surface area contributed by atoms with Crippen molar-refractivity contribution in [1.82, 2.24) is 0 Å². The van der Waals surface area contributed by atoms with Crippen molar-refractivity contribution in [2.45, 2.75) is 104 Å². The number of carboxylic acids is 1. The van der Waals surface area contributed by atoms with Gasteiger partial charge in [-0.1, -0.05) is 71.4 Å². The van der Waals surface area contributed by atoms with E-state index in [-0.39, 0.29) is 0 Å². The summed E-state index contributed by atoms with van der Waals surface area (Å²) in [5.41, 5.74) is 0.449. The molecule has 24 heavy (non-hydrogen) atoms. The van der Waals surface area contributed by atoms with Crippen LogP contribution in [-0.2, 0) is 4.79 Å². The Kier molecular flexibility index (Phi) is 10.4. The van der Waals surface area contributed by atoms with Crippen LogP contribution in [-0.4, -0.2) is 11.1 Å². The van der Waals surface area contributed by atoms with Gasteiger partial charge < -0.3 is 5.11 Å². The van der Waals surface area contributed by atoms with Crippen molar-refractivity contribution in [3.63, 3.8) is 0 Å². The lowest BCUT2D eigenvalue weighted by molar-refractivity contribution is -0.137. The summed E-state index contributed by atoms with van der Waals surface area (Å²) in [5, 5.41) is 8.66. The minimum atomic E-state index is -0.655. The number of allylic oxidation sites excluding steroid dienone is 2. The molecule has 1 N–H and O–H groups in total. The molecule has 1 aliphatic carbocycles. The first-order chi connectivity index (χ1) is 11.4. The second-order valence-corrected chi connectivity index (χ2v) is 8.60. The largest absolute Gasteiger partial charge is 0.481 e. The van der Waals surface area contributed by atoms with Gasteiger partial charge in [-0.3, -0.25) is 4.79 Å². The minimum absolute atomic E-state index is 0.336. The average molecular weight is 337 g/mol. The standard InChI is InChI=1S/C22H40O2/c1-4-5-17-22(2,3)18-11-15-20-14-10-13-19(20)12-8-6-7-9-16-21(23)24/h11,15,19-20H,4-10,12-14,16-18H2,1-3H3,(H,23,24)/t19-,20+/m0/s1. The molecular weight excluding hydrogens is 296 g/mol. The average Bonchev–Trinajstić information content (AvgIpc) is 2.96. The van der Waals surface area contributed by atoms with E-state index >= 15 is 0 Å². The third-order valence-electron chi connectivity index (χ3n) is 5.69. The molecule has 140 valence electrons. The fourth-order valence-electron chi connectivity index (χ4n) is 4.03. The van der Waals surface area contributed by atoms with Gasteiger partial charge in [0.05, 0.1) is 0 Å². The normalized spacial score (nSPS) is 21.6. The Morgan fingerprint density at radius 3 is 2.58 bits per heavy atom. The van der Waals surface area contributed by atoms with Crippen LogP contribution in [0.15, 0.2) is 12.2 Å². The second-order valence-electron chi connectivity index (χ2n) is 8.60. The predicted molar refractivity (Wildman–Crippen MR) is 103 cm³/mol. The molecule has 0 saturated heterocycles. The summed E-state index contributed by atoms with van der Waals surface area (Å²) in [6.45, 7) is 7.07. The van der Waals surface area contributed by atoms with Crippen molar-refractivity contribution in [2.75, 3.05) is 0 Å². The van der Waals surface area contributed by atoms with Gasteiger partial charge in [0.1, 0.15) is 0 Å². The van der Waals surface area contributed by atoms with Crippen LogP contribution in [0.3, 0.4) is 0 Å². The lowest BCUT2D eigenvalue weighted by atomic mass is 9.83. The van der Waals surface area contributed by atoms with Crippen LogP contribution >= 0.6 is 0 Å². The highest BCUT2D eigenvalue weighted by atomic mass is 16.4. The molecule has 0 aromatic carbocycles. The molecule has 0 aliphatic heterocycles. The van der Waals surface area contributed by atoms with Gasteiger partial charge in [0.25, 0.3) is 0 Å². The highest BCUT2D eigenvalue weighted by Gasteiger charge is 2.24.